The van der Waals surface area contributed by atoms with E-state index in [2.05, 4.69) is 16.9 Å². The maximum Gasteiger partial charge on any atom is 0.167 e. The molecule has 0 aliphatic carbocycles. The Hall–Kier alpha value is -1.42. The lowest BCUT2D eigenvalue weighted by Crippen LogP contribution is -2.30. The van der Waals surface area contributed by atoms with Crippen molar-refractivity contribution in [2.24, 2.45) is 5.92 Å². The van der Waals surface area contributed by atoms with Crippen LogP contribution in [0.4, 0.5) is 0 Å². The quantitative estimate of drug-likeness (QED) is 0.764. The SMILES string of the molecule is CC(C)C(=O)c1cncc(OCC2CCCN2C)c1. The van der Waals surface area contributed by atoms with Crippen molar-refractivity contribution in [3.8, 4) is 5.75 Å². The zero-order chi connectivity index (χ0) is 13.8. The molecular formula is C15H22N2O2. The van der Waals surface area contributed by atoms with Gasteiger partial charge in [0.1, 0.15) is 12.4 Å². The van der Waals surface area contributed by atoms with E-state index in [-0.39, 0.29) is 11.7 Å². The number of hydrogen-bond donors (Lipinski definition) is 0. The molecule has 0 spiro atoms. The summed E-state index contributed by atoms with van der Waals surface area (Å²) < 4.78 is 5.77. The lowest BCUT2D eigenvalue weighted by molar-refractivity contribution is 0.0938. The molecule has 1 fully saturated rings. The second-order valence-electron chi connectivity index (χ2n) is 5.52. The first-order valence-electron chi connectivity index (χ1n) is 6.90. The Morgan fingerprint density at radius 1 is 1.53 bits per heavy atom. The van der Waals surface area contributed by atoms with Crippen LogP contribution in [0.1, 0.15) is 37.0 Å². The van der Waals surface area contributed by atoms with E-state index in [1.54, 1.807) is 18.5 Å². The molecule has 1 atom stereocenters. The summed E-state index contributed by atoms with van der Waals surface area (Å²) in [5, 5.41) is 0. The first kappa shape index (κ1) is 14.0. The van der Waals surface area contributed by atoms with Crippen molar-refractivity contribution >= 4 is 5.78 Å². The zero-order valence-electron chi connectivity index (χ0n) is 11.9. The average Bonchev–Trinajstić information content (AvgIpc) is 2.81. The molecule has 2 rings (SSSR count). The summed E-state index contributed by atoms with van der Waals surface area (Å²) in [6, 6.07) is 2.27. The Bertz CT molecular complexity index is 446. The van der Waals surface area contributed by atoms with Gasteiger partial charge in [-0.1, -0.05) is 13.8 Å². The van der Waals surface area contributed by atoms with E-state index in [0.29, 0.717) is 24.0 Å². The minimum atomic E-state index is -0.0157. The number of carbonyl (C=O) groups excluding carboxylic acids is 1. The second-order valence-corrected chi connectivity index (χ2v) is 5.52. The number of carbonyl (C=O) groups is 1. The summed E-state index contributed by atoms with van der Waals surface area (Å²) in [4.78, 5) is 18.3. The molecule has 1 aromatic heterocycles. The molecule has 19 heavy (non-hydrogen) atoms. The normalized spacial score (nSPS) is 19.9. The van der Waals surface area contributed by atoms with Crippen LogP contribution < -0.4 is 4.74 Å². The molecule has 1 unspecified atom stereocenters. The standard InChI is InChI=1S/C15H22N2O2/c1-11(2)15(18)12-7-14(9-16-8-12)19-10-13-5-4-6-17(13)3/h7-9,11,13H,4-6,10H2,1-3H3. The molecule has 2 heterocycles. The lowest BCUT2D eigenvalue weighted by atomic mass is 10.0. The van der Waals surface area contributed by atoms with E-state index in [9.17, 15) is 4.79 Å². The first-order chi connectivity index (χ1) is 9.08. The van der Waals surface area contributed by atoms with E-state index < -0.39 is 0 Å². The predicted octanol–water partition coefficient (Wildman–Crippen LogP) is 2.39. The number of aromatic nitrogens is 1. The van der Waals surface area contributed by atoms with Gasteiger partial charge in [0.25, 0.3) is 0 Å². The molecule has 0 bridgehead atoms. The van der Waals surface area contributed by atoms with Crippen LogP contribution in [0, 0.1) is 5.92 Å². The second kappa shape index (κ2) is 6.15. The van der Waals surface area contributed by atoms with Crippen LogP contribution in [0.2, 0.25) is 0 Å². The van der Waals surface area contributed by atoms with Crippen LogP contribution in [0.5, 0.6) is 5.75 Å². The van der Waals surface area contributed by atoms with Crippen LogP contribution in [0.3, 0.4) is 0 Å². The van der Waals surface area contributed by atoms with E-state index in [0.717, 1.165) is 6.54 Å². The molecule has 1 saturated heterocycles. The number of ether oxygens (including phenoxy) is 1. The third kappa shape index (κ3) is 3.53. The van der Waals surface area contributed by atoms with E-state index in [4.69, 9.17) is 4.74 Å². The summed E-state index contributed by atoms with van der Waals surface area (Å²) in [5.41, 5.74) is 0.632. The van der Waals surface area contributed by atoms with Crippen molar-refractivity contribution in [3.05, 3.63) is 24.0 Å². The van der Waals surface area contributed by atoms with Crippen molar-refractivity contribution in [2.75, 3.05) is 20.2 Å². The van der Waals surface area contributed by atoms with Crippen molar-refractivity contribution < 1.29 is 9.53 Å². The molecule has 0 radical (unpaired) electrons. The number of likely N-dealkylation sites (tertiary alicyclic amines) is 1. The topological polar surface area (TPSA) is 42.4 Å². The van der Waals surface area contributed by atoms with Gasteiger partial charge in [-0.15, -0.1) is 0 Å². The highest BCUT2D eigenvalue weighted by Gasteiger charge is 2.21. The Morgan fingerprint density at radius 3 is 2.95 bits per heavy atom. The molecule has 1 aliphatic rings. The molecule has 1 aliphatic heterocycles. The van der Waals surface area contributed by atoms with Gasteiger partial charge in [-0.2, -0.15) is 0 Å². The highest BCUT2D eigenvalue weighted by atomic mass is 16.5. The van der Waals surface area contributed by atoms with Crippen molar-refractivity contribution in [2.45, 2.75) is 32.7 Å². The average molecular weight is 262 g/mol. The smallest absolute Gasteiger partial charge is 0.167 e. The van der Waals surface area contributed by atoms with Crippen molar-refractivity contribution in [3.63, 3.8) is 0 Å². The highest BCUT2D eigenvalue weighted by Crippen LogP contribution is 2.18. The van der Waals surface area contributed by atoms with E-state index >= 15 is 0 Å². The number of Topliss-reactive ketones (excluding diaryl/α,β-unsaturated/α-hetero) is 1. The van der Waals surface area contributed by atoms with Crippen molar-refractivity contribution in [1.82, 2.24) is 9.88 Å². The number of likely N-dealkylation sites (N-methyl/N-ethyl adjacent to an activating group) is 1. The van der Waals surface area contributed by atoms with Crippen LogP contribution in [-0.4, -0.2) is 41.9 Å². The van der Waals surface area contributed by atoms with E-state index in [1.807, 2.05) is 13.8 Å². The Labute approximate surface area is 114 Å². The predicted molar refractivity (Wildman–Crippen MR) is 74.6 cm³/mol. The molecule has 1 aromatic rings. The molecular weight excluding hydrogens is 240 g/mol. The highest BCUT2D eigenvalue weighted by molar-refractivity contribution is 5.97. The number of nitrogens with zero attached hydrogens (tertiary/aromatic N) is 2. The van der Waals surface area contributed by atoms with Gasteiger partial charge >= 0.3 is 0 Å². The van der Waals surface area contributed by atoms with Gasteiger partial charge in [-0.25, -0.2) is 0 Å². The molecule has 0 amide bonds. The fourth-order valence-corrected chi connectivity index (χ4v) is 2.35. The van der Waals surface area contributed by atoms with Gasteiger partial charge in [0.15, 0.2) is 5.78 Å². The maximum absolute atomic E-state index is 11.9. The van der Waals surface area contributed by atoms with Gasteiger partial charge in [-0.3, -0.25) is 9.78 Å². The molecule has 4 heteroatoms. The van der Waals surface area contributed by atoms with Gasteiger partial charge in [0.05, 0.1) is 6.20 Å². The monoisotopic (exact) mass is 262 g/mol. The zero-order valence-corrected chi connectivity index (χ0v) is 11.9. The summed E-state index contributed by atoms with van der Waals surface area (Å²) >= 11 is 0. The van der Waals surface area contributed by atoms with Gasteiger partial charge in [0.2, 0.25) is 0 Å². The fourth-order valence-electron chi connectivity index (χ4n) is 2.35. The first-order valence-corrected chi connectivity index (χ1v) is 6.90. The summed E-state index contributed by atoms with van der Waals surface area (Å²) in [6.07, 6.45) is 5.69. The third-order valence-corrected chi connectivity index (χ3v) is 3.64. The molecule has 4 nitrogen and oxygen atoms in total. The van der Waals surface area contributed by atoms with Crippen LogP contribution >= 0.6 is 0 Å². The van der Waals surface area contributed by atoms with Crippen LogP contribution in [0.15, 0.2) is 18.5 Å². The Kier molecular flexibility index (Phi) is 4.53. The summed E-state index contributed by atoms with van der Waals surface area (Å²) in [7, 11) is 2.12. The minimum absolute atomic E-state index is 0.0157. The Balaban J connectivity index is 1.97. The third-order valence-electron chi connectivity index (χ3n) is 3.64. The Morgan fingerprint density at radius 2 is 2.32 bits per heavy atom. The fraction of sp³-hybridized carbons (Fsp3) is 0.600. The number of pyridine rings is 1. The van der Waals surface area contributed by atoms with Gasteiger partial charge in [-0.05, 0) is 32.5 Å². The van der Waals surface area contributed by atoms with Crippen LogP contribution in [-0.2, 0) is 0 Å². The van der Waals surface area contributed by atoms with Crippen molar-refractivity contribution in [1.29, 1.82) is 0 Å². The molecule has 0 saturated carbocycles. The maximum atomic E-state index is 11.9. The number of ketones is 1. The van der Waals surface area contributed by atoms with Crippen LogP contribution in [0.25, 0.3) is 0 Å². The lowest BCUT2D eigenvalue weighted by Gasteiger charge is -2.19. The summed E-state index contributed by atoms with van der Waals surface area (Å²) in [6.45, 7) is 5.59. The van der Waals surface area contributed by atoms with Gasteiger partial charge < -0.3 is 9.64 Å². The molecule has 0 aromatic carbocycles. The summed E-state index contributed by atoms with van der Waals surface area (Å²) in [5.74, 6) is 0.778. The van der Waals surface area contributed by atoms with E-state index in [1.165, 1.54) is 12.8 Å². The largest absolute Gasteiger partial charge is 0.490 e. The number of hydrogen-bond acceptors (Lipinski definition) is 4. The number of rotatable bonds is 5. The minimum Gasteiger partial charge on any atom is -0.490 e. The van der Waals surface area contributed by atoms with Gasteiger partial charge in [0, 0.05) is 23.7 Å². The molecule has 104 valence electrons. The molecule has 0 N–H and O–H groups in total.